The molecule has 106 valence electrons. The first kappa shape index (κ1) is 14.5. The maximum absolute atomic E-state index is 9.62. The first-order valence-corrected chi connectivity index (χ1v) is 7.41. The van der Waals surface area contributed by atoms with E-state index < -0.39 is 0 Å². The number of benzene rings is 1. The summed E-state index contributed by atoms with van der Waals surface area (Å²) in [6.07, 6.45) is 3.23. The van der Waals surface area contributed by atoms with E-state index in [2.05, 4.69) is 42.2 Å². The van der Waals surface area contributed by atoms with E-state index in [9.17, 15) is 5.11 Å². The molecule has 1 heterocycles. The third-order valence-electron chi connectivity index (χ3n) is 4.26. The van der Waals surface area contributed by atoms with Gasteiger partial charge in [-0.2, -0.15) is 0 Å². The molecule has 2 rings (SSSR count). The Balaban J connectivity index is 1.97. The minimum absolute atomic E-state index is 0.0875. The largest absolute Gasteiger partial charge is 0.395 e. The Morgan fingerprint density at radius 1 is 1.37 bits per heavy atom. The van der Waals surface area contributed by atoms with Crippen molar-refractivity contribution in [2.75, 3.05) is 19.7 Å². The molecule has 0 spiro atoms. The number of hydrogen-bond acceptors (Lipinski definition) is 3. The Bertz CT molecular complexity index is 368. The molecule has 1 aromatic rings. The van der Waals surface area contributed by atoms with Gasteiger partial charge in [-0.1, -0.05) is 43.7 Å². The third kappa shape index (κ3) is 3.56. The van der Waals surface area contributed by atoms with Crippen LogP contribution in [0.15, 0.2) is 30.3 Å². The molecule has 1 aliphatic heterocycles. The zero-order valence-corrected chi connectivity index (χ0v) is 11.8. The lowest BCUT2D eigenvalue weighted by atomic mass is 9.98. The molecule has 3 unspecified atom stereocenters. The molecular weight excluding hydrogens is 236 g/mol. The van der Waals surface area contributed by atoms with Crippen molar-refractivity contribution < 1.29 is 5.11 Å². The van der Waals surface area contributed by atoms with Crippen molar-refractivity contribution in [3.8, 4) is 0 Å². The molecule has 3 N–H and O–H groups in total. The second kappa shape index (κ2) is 7.04. The lowest BCUT2D eigenvalue weighted by Gasteiger charge is -2.31. The van der Waals surface area contributed by atoms with E-state index in [1.807, 2.05) is 0 Å². The minimum atomic E-state index is 0.0875. The molecule has 1 saturated heterocycles. The van der Waals surface area contributed by atoms with E-state index >= 15 is 0 Å². The molecular formula is C16H26N2O. The molecule has 3 atom stereocenters. The molecule has 1 aromatic carbocycles. The highest BCUT2D eigenvalue weighted by molar-refractivity contribution is 5.21. The highest BCUT2D eigenvalue weighted by atomic mass is 16.3. The number of aliphatic hydroxyl groups excluding tert-OH is 1. The van der Waals surface area contributed by atoms with E-state index in [1.54, 1.807) is 0 Å². The van der Waals surface area contributed by atoms with Crippen molar-refractivity contribution in [2.45, 2.75) is 44.2 Å². The second-order valence-electron chi connectivity index (χ2n) is 5.59. The molecule has 0 aromatic heterocycles. The fourth-order valence-corrected chi connectivity index (χ4v) is 3.13. The summed E-state index contributed by atoms with van der Waals surface area (Å²) >= 11 is 0. The highest BCUT2D eigenvalue weighted by Gasteiger charge is 2.31. The van der Waals surface area contributed by atoms with Crippen molar-refractivity contribution in [1.29, 1.82) is 0 Å². The average molecular weight is 262 g/mol. The fourth-order valence-electron chi connectivity index (χ4n) is 3.13. The van der Waals surface area contributed by atoms with Crippen molar-refractivity contribution >= 4 is 0 Å². The van der Waals surface area contributed by atoms with E-state index in [-0.39, 0.29) is 18.7 Å². The van der Waals surface area contributed by atoms with Gasteiger partial charge < -0.3 is 10.8 Å². The molecule has 3 nitrogen and oxygen atoms in total. The third-order valence-corrected chi connectivity index (χ3v) is 4.26. The van der Waals surface area contributed by atoms with Crippen LogP contribution in [-0.4, -0.2) is 41.8 Å². The van der Waals surface area contributed by atoms with Gasteiger partial charge in [0.2, 0.25) is 0 Å². The van der Waals surface area contributed by atoms with Crippen molar-refractivity contribution in [3.63, 3.8) is 0 Å². The number of nitrogens with two attached hydrogens (primary N) is 1. The first-order chi connectivity index (χ1) is 9.26. The van der Waals surface area contributed by atoms with Crippen LogP contribution < -0.4 is 5.73 Å². The van der Waals surface area contributed by atoms with Crippen LogP contribution in [0.3, 0.4) is 0 Å². The van der Waals surface area contributed by atoms with Gasteiger partial charge in [-0.3, -0.25) is 4.90 Å². The van der Waals surface area contributed by atoms with Crippen molar-refractivity contribution in [3.05, 3.63) is 35.9 Å². The maximum atomic E-state index is 9.62. The molecule has 0 bridgehead atoms. The van der Waals surface area contributed by atoms with Gasteiger partial charge in [-0.25, -0.2) is 0 Å². The summed E-state index contributed by atoms with van der Waals surface area (Å²) in [7, 11) is 0. The predicted octanol–water partition coefficient (Wildman–Crippen LogP) is 1.96. The summed E-state index contributed by atoms with van der Waals surface area (Å²) in [5.41, 5.74) is 7.61. The zero-order valence-electron chi connectivity index (χ0n) is 11.8. The van der Waals surface area contributed by atoms with E-state index in [1.165, 1.54) is 12.0 Å². The number of nitrogens with zero attached hydrogens (tertiary/aromatic N) is 1. The van der Waals surface area contributed by atoms with Crippen LogP contribution in [0.2, 0.25) is 0 Å². The molecule has 3 heteroatoms. The van der Waals surface area contributed by atoms with Crippen LogP contribution in [-0.2, 0) is 0 Å². The molecule has 0 saturated carbocycles. The fraction of sp³-hybridized carbons (Fsp3) is 0.625. The van der Waals surface area contributed by atoms with Crippen LogP contribution in [0.1, 0.15) is 37.7 Å². The topological polar surface area (TPSA) is 49.5 Å². The lowest BCUT2D eigenvalue weighted by Crippen LogP contribution is -2.49. The summed E-state index contributed by atoms with van der Waals surface area (Å²) in [4.78, 5) is 2.37. The Morgan fingerprint density at radius 3 is 2.74 bits per heavy atom. The summed E-state index contributed by atoms with van der Waals surface area (Å²) in [5.74, 6) is 0.587. The normalized spacial score (nSPS) is 23.4. The molecule has 0 aliphatic carbocycles. The first-order valence-electron chi connectivity index (χ1n) is 7.41. The zero-order chi connectivity index (χ0) is 13.7. The number of aliphatic hydroxyl groups is 1. The lowest BCUT2D eigenvalue weighted by molar-refractivity contribution is 0.121. The van der Waals surface area contributed by atoms with Crippen molar-refractivity contribution in [1.82, 2.24) is 4.90 Å². The number of likely N-dealkylation sites (tertiary alicyclic amines) is 1. The summed E-state index contributed by atoms with van der Waals surface area (Å²) < 4.78 is 0. The average Bonchev–Trinajstić information content (AvgIpc) is 2.90. The van der Waals surface area contributed by atoms with E-state index in [4.69, 9.17) is 5.73 Å². The minimum Gasteiger partial charge on any atom is -0.395 e. The quantitative estimate of drug-likeness (QED) is 0.824. The molecule has 1 fully saturated rings. The van der Waals surface area contributed by atoms with Gasteiger partial charge in [0.1, 0.15) is 0 Å². The molecule has 0 amide bonds. The van der Waals surface area contributed by atoms with Gasteiger partial charge in [-0.05, 0) is 30.9 Å². The Labute approximate surface area is 116 Å². The molecule has 19 heavy (non-hydrogen) atoms. The number of rotatable bonds is 6. The van der Waals surface area contributed by atoms with Gasteiger partial charge in [0.15, 0.2) is 0 Å². The van der Waals surface area contributed by atoms with Crippen LogP contribution in [0.25, 0.3) is 0 Å². The van der Waals surface area contributed by atoms with Crippen molar-refractivity contribution in [2.24, 2.45) is 5.73 Å². The Kier molecular flexibility index (Phi) is 5.37. The predicted molar refractivity (Wildman–Crippen MR) is 79.1 cm³/mol. The highest BCUT2D eigenvalue weighted by Crippen LogP contribution is 2.28. The van der Waals surface area contributed by atoms with Gasteiger partial charge in [0.05, 0.1) is 6.61 Å². The van der Waals surface area contributed by atoms with E-state index in [0.29, 0.717) is 5.92 Å². The summed E-state index contributed by atoms with van der Waals surface area (Å²) in [5, 5.41) is 9.62. The monoisotopic (exact) mass is 262 g/mol. The van der Waals surface area contributed by atoms with Crippen LogP contribution in [0, 0.1) is 0 Å². The van der Waals surface area contributed by atoms with Gasteiger partial charge in [0, 0.05) is 18.6 Å². The molecule has 0 radical (unpaired) electrons. The standard InChI is InChI=1S/C16H26N2O/c1-2-6-15(17)16(12-19)18-10-9-14(11-18)13-7-4-3-5-8-13/h3-5,7-8,14-16,19H,2,6,9-12,17H2,1H3. The van der Waals surface area contributed by atoms with Crippen LogP contribution >= 0.6 is 0 Å². The number of hydrogen-bond donors (Lipinski definition) is 2. The molecule has 1 aliphatic rings. The van der Waals surface area contributed by atoms with Gasteiger partial charge in [-0.15, -0.1) is 0 Å². The summed E-state index contributed by atoms with van der Waals surface area (Å²) in [6.45, 7) is 4.38. The second-order valence-corrected chi connectivity index (χ2v) is 5.59. The van der Waals surface area contributed by atoms with Gasteiger partial charge in [0.25, 0.3) is 0 Å². The Hall–Kier alpha value is -0.900. The maximum Gasteiger partial charge on any atom is 0.0601 e. The summed E-state index contributed by atoms with van der Waals surface area (Å²) in [6, 6.07) is 10.9. The Morgan fingerprint density at radius 2 is 2.11 bits per heavy atom. The smallest absolute Gasteiger partial charge is 0.0601 e. The van der Waals surface area contributed by atoms with Gasteiger partial charge >= 0.3 is 0 Å². The van der Waals surface area contributed by atoms with Crippen LogP contribution in [0.5, 0.6) is 0 Å². The van der Waals surface area contributed by atoms with Crippen LogP contribution in [0.4, 0.5) is 0 Å². The SMILES string of the molecule is CCCC(N)C(CO)N1CCC(c2ccccc2)C1. The van der Waals surface area contributed by atoms with E-state index in [0.717, 1.165) is 25.9 Å².